The second-order valence-electron chi connectivity index (χ2n) is 5.31. The fraction of sp³-hybridized carbons (Fsp3) is 0.583. The third kappa shape index (κ3) is 4.09. The average molecular weight is 307 g/mol. The fourth-order valence-corrected chi connectivity index (χ4v) is 1.78. The van der Waals surface area contributed by atoms with Gasteiger partial charge in [0.25, 0.3) is 5.56 Å². The minimum absolute atomic E-state index is 0.0463. The van der Waals surface area contributed by atoms with Gasteiger partial charge in [-0.2, -0.15) is 13.2 Å². The van der Waals surface area contributed by atoms with E-state index in [1.54, 1.807) is 0 Å². The van der Waals surface area contributed by atoms with E-state index in [4.69, 9.17) is 4.65 Å². The summed E-state index contributed by atoms with van der Waals surface area (Å²) >= 11 is 0. The molecule has 20 heavy (non-hydrogen) atoms. The summed E-state index contributed by atoms with van der Waals surface area (Å²) in [7, 11) is 0.954. The van der Waals surface area contributed by atoms with Gasteiger partial charge in [0.1, 0.15) is 5.56 Å². The zero-order chi connectivity index (χ0) is 15.7. The summed E-state index contributed by atoms with van der Waals surface area (Å²) < 4.78 is 44.9. The number of pyridine rings is 1. The van der Waals surface area contributed by atoms with E-state index in [0.29, 0.717) is 5.46 Å². The van der Waals surface area contributed by atoms with Crippen LogP contribution in [0, 0.1) is 0 Å². The number of alkyl halides is 3. The van der Waals surface area contributed by atoms with Crippen LogP contribution < -0.4 is 11.0 Å². The van der Waals surface area contributed by atoms with Crippen molar-refractivity contribution in [2.75, 3.05) is 13.3 Å². The Morgan fingerprint density at radius 1 is 1.30 bits per heavy atom. The van der Waals surface area contributed by atoms with Crippen LogP contribution in [0.2, 0.25) is 0 Å². The Balaban J connectivity index is 3.05. The second kappa shape index (κ2) is 5.90. The molecule has 0 saturated carbocycles. The maximum absolute atomic E-state index is 12.8. The Kier molecular flexibility index (Phi) is 5.09. The van der Waals surface area contributed by atoms with Crippen LogP contribution in [-0.4, -0.2) is 30.7 Å². The molecule has 0 unspecified atom stereocenters. The Morgan fingerprint density at radius 2 is 1.85 bits per heavy atom. The van der Waals surface area contributed by atoms with Crippen molar-refractivity contribution in [3.05, 3.63) is 28.2 Å². The number of hydrogen-bond acceptors (Lipinski definition) is 2. The number of nitrogens with zero attached hydrogens (tertiary/aromatic N) is 1. The zero-order valence-corrected chi connectivity index (χ0v) is 13.1. The van der Waals surface area contributed by atoms with Gasteiger partial charge in [0.2, 0.25) is 0 Å². The first kappa shape index (κ1) is 17.2. The Labute approximate surface area is 118 Å². The minimum atomic E-state index is -4.65. The summed E-state index contributed by atoms with van der Waals surface area (Å²) in [5.41, 5.74) is -1.87. The Bertz CT molecular complexity index is 540. The summed E-state index contributed by atoms with van der Waals surface area (Å²) in [5, 5.41) is -0.386. The van der Waals surface area contributed by atoms with Crippen molar-refractivity contribution in [3.63, 3.8) is 0 Å². The lowest BCUT2D eigenvalue weighted by molar-refractivity contribution is -0.138. The first-order chi connectivity index (χ1) is 8.95. The van der Waals surface area contributed by atoms with Gasteiger partial charge < -0.3 is 9.22 Å². The highest BCUT2D eigenvalue weighted by atomic mass is 31.1. The summed E-state index contributed by atoms with van der Waals surface area (Å²) in [6.07, 6.45) is -3.27. The van der Waals surface area contributed by atoms with E-state index in [1.807, 2.05) is 27.2 Å². The van der Waals surface area contributed by atoms with Crippen molar-refractivity contribution >= 4 is 20.9 Å². The van der Waals surface area contributed by atoms with Crippen LogP contribution in [0.25, 0.3) is 0 Å². The van der Waals surface area contributed by atoms with Crippen LogP contribution in [-0.2, 0) is 17.9 Å². The molecular formula is C12H18BF3NO2P. The maximum atomic E-state index is 12.8. The van der Waals surface area contributed by atoms with Crippen LogP contribution >= 0.6 is 7.92 Å². The lowest BCUT2D eigenvalue weighted by Gasteiger charge is -2.30. The van der Waals surface area contributed by atoms with Crippen molar-refractivity contribution < 1.29 is 17.8 Å². The van der Waals surface area contributed by atoms with Crippen molar-refractivity contribution in [1.82, 2.24) is 4.57 Å². The third-order valence-corrected chi connectivity index (χ3v) is 5.50. The van der Waals surface area contributed by atoms with E-state index < -0.39 is 25.2 Å². The van der Waals surface area contributed by atoms with Gasteiger partial charge in [-0.25, -0.2) is 0 Å². The van der Waals surface area contributed by atoms with Crippen molar-refractivity contribution in [2.45, 2.75) is 25.4 Å². The molecule has 0 aliphatic heterocycles. The average Bonchev–Trinajstić information content (AvgIpc) is 2.28. The van der Waals surface area contributed by atoms with Crippen LogP contribution in [0.1, 0.15) is 19.4 Å². The normalized spacial score (nSPS) is 12.8. The minimum Gasteiger partial charge on any atom is -0.426 e. The molecule has 0 aliphatic carbocycles. The number of rotatable bonds is 4. The SMILES string of the molecule is Cn1cc(BOC(C)(C)P(C)C)cc(C(F)(F)F)c1=O. The molecule has 0 bridgehead atoms. The lowest BCUT2D eigenvalue weighted by atomic mass is 9.88. The molecule has 8 heteroatoms. The fourth-order valence-electron chi connectivity index (χ4n) is 1.45. The molecule has 1 aromatic rings. The van der Waals surface area contributed by atoms with Gasteiger partial charge in [0, 0.05) is 13.2 Å². The van der Waals surface area contributed by atoms with Gasteiger partial charge in [-0.15, -0.1) is 0 Å². The van der Waals surface area contributed by atoms with E-state index in [2.05, 4.69) is 0 Å². The molecule has 0 spiro atoms. The molecule has 0 aliphatic rings. The van der Waals surface area contributed by atoms with Gasteiger partial charge in [0.15, 0.2) is 0 Å². The molecule has 1 rings (SSSR count). The third-order valence-electron chi connectivity index (χ3n) is 3.21. The largest absolute Gasteiger partial charge is 0.426 e. The first-order valence-corrected chi connectivity index (χ1v) is 8.27. The van der Waals surface area contributed by atoms with E-state index >= 15 is 0 Å². The van der Waals surface area contributed by atoms with E-state index in [0.717, 1.165) is 10.6 Å². The van der Waals surface area contributed by atoms with Gasteiger partial charge >= 0.3 is 13.7 Å². The number of aryl methyl sites for hydroxylation is 1. The second-order valence-corrected chi connectivity index (χ2v) is 8.17. The summed E-state index contributed by atoms with van der Waals surface area (Å²) in [6, 6.07) is 0.867. The molecule has 0 fully saturated rings. The monoisotopic (exact) mass is 307 g/mol. The maximum Gasteiger partial charge on any atom is 0.421 e. The Morgan fingerprint density at radius 3 is 2.30 bits per heavy atom. The van der Waals surface area contributed by atoms with Crippen molar-refractivity contribution in [3.8, 4) is 0 Å². The molecule has 0 amide bonds. The predicted octanol–water partition coefficient (Wildman–Crippen LogP) is 1.88. The highest BCUT2D eigenvalue weighted by Crippen LogP contribution is 2.42. The van der Waals surface area contributed by atoms with Crippen LogP contribution in [0.15, 0.2) is 17.1 Å². The summed E-state index contributed by atoms with van der Waals surface area (Å²) in [6.45, 7) is 7.89. The van der Waals surface area contributed by atoms with E-state index in [1.165, 1.54) is 13.2 Å². The highest BCUT2D eigenvalue weighted by Gasteiger charge is 2.35. The van der Waals surface area contributed by atoms with E-state index in [9.17, 15) is 18.0 Å². The molecule has 0 radical (unpaired) electrons. The first-order valence-electron chi connectivity index (χ1n) is 6.03. The van der Waals surface area contributed by atoms with Gasteiger partial charge in [-0.05, 0) is 38.7 Å². The lowest BCUT2D eigenvalue weighted by Crippen LogP contribution is -2.35. The van der Waals surface area contributed by atoms with E-state index in [-0.39, 0.29) is 12.8 Å². The molecule has 0 saturated heterocycles. The zero-order valence-electron chi connectivity index (χ0n) is 12.2. The summed E-state index contributed by atoms with van der Waals surface area (Å²) in [5.74, 6) is 0. The quantitative estimate of drug-likeness (QED) is 0.628. The molecule has 112 valence electrons. The standard InChI is InChI=1S/C12H18BF3NO2P/c1-11(2,20(4)5)19-13-8-6-9(12(14,15)16)10(18)17(3)7-8/h6-7,13H,1-5H3. The van der Waals surface area contributed by atoms with Crippen LogP contribution in [0.4, 0.5) is 13.2 Å². The predicted molar refractivity (Wildman–Crippen MR) is 77.4 cm³/mol. The molecule has 0 aromatic carbocycles. The van der Waals surface area contributed by atoms with Crippen molar-refractivity contribution in [2.24, 2.45) is 7.05 Å². The van der Waals surface area contributed by atoms with Gasteiger partial charge in [0.05, 0.1) is 5.34 Å². The number of hydrogen-bond donors (Lipinski definition) is 0. The smallest absolute Gasteiger partial charge is 0.421 e. The Hall–Kier alpha value is -0.805. The van der Waals surface area contributed by atoms with Crippen LogP contribution in [0.3, 0.4) is 0 Å². The van der Waals surface area contributed by atoms with Gasteiger partial charge in [-0.3, -0.25) is 4.79 Å². The molecule has 1 aromatic heterocycles. The van der Waals surface area contributed by atoms with Crippen LogP contribution in [0.5, 0.6) is 0 Å². The highest BCUT2D eigenvalue weighted by molar-refractivity contribution is 7.57. The molecule has 0 atom stereocenters. The molecule has 0 N–H and O–H groups in total. The van der Waals surface area contributed by atoms with Gasteiger partial charge in [-0.1, -0.05) is 7.92 Å². The summed E-state index contributed by atoms with van der Waals surface area (Å²) in [4.78, 5) is 11.5. The number of halogens is 3. The number of aromatic nitrogens is 1. The van der Waals surface area contributed by atoms with Crippen molar-refractivity contribution in [1.29, 1.82) is 0 Å². The molecule has 3 nitrogen and oxygen atoms in total. The molecule has 1 heterocycles. The topological polar surface area (TPSA) is 31.2 Å². The molecular weight excluding hydrogens is 289 g/mol.